The van der Waals surface area contributed by atoms with E-state index in [0.717, 1.165) is 17.5 Å². The molecule has 2 heteroatoms. The van der Waals surface area contributed by atoms with Crippen LogP contribution in [0.3, 0.4) is 0 Å². The zero-order valence-electron chi connectivity index (χ0n) is 13.6. The van der Waals surface area contributed by atoms with Crippen molar-refractivity contribution in [3.8, 4) is 0 Å². The third-order valence-electron chi connectivity index (χ3n) is 4.42. The second-order valence-corrected chi connectivity index (χ2v) is 7.03. The molecule has 0 amide bonds. The van der Waals surface area contributed by atoms with E-state index in [2.05, 4.69) is 44.3 Å². The largest absolute Gasteiger partial charge is 0.311 e. The van der Waals surface area contributed by atoms with Crippen LogP contribution in [0.5, 0.6) is 0 Å². The molecular formula is C19H28ClN. The second kappa shape index (κ2) is 8.00. The molecule has 1 aliphatic carbocycles. The lowest BCUT2D eigenvalue weighted by Crippen LogP contribution is -2.27. The summed E-state index contributed by atoms with van der Waals surface area (Å²) in [6, 6.07) is 6.73. The highest BCUT2D eigenvalue weighted by molar-refractivity contribution is 6.30. The van der Waals surface area contributed by atoms with Crippen molar-refractivity contribution >= 4 is 17.7 Å². The molecule has 0 aliphatic heterocycles. The van der Waals surface area contributed by atoms with Crippen molar-refractivity contribution in [3.63, 3.8) is 0 Å². The average Bonchev–Trinajstić information content (AvgIpc) is 2.46. The molecule has 0 unspecified atom stereocenters. The summed E-state index contributed by atoms with van der Waals surface area (Å²) in [6.07, 6.45) is 9.25. The second-order valence-electron chi connectivity index (χ2n) is 6.59. The third kappa shape index (κ3) is 5.16. The van der Waals surface area contributed by atoms with Crippen molar-refractivity contribution in [2.75, 3.05) is 6.54 Å². The summed E-state index contributed by atoms with van der Waals surface area (Å²) in [6.45, 7) is 7.58. The number of benzene rings is 1. The minimum Gasteiger partial charge on any atom is -0.311 e. The lowest BCUT2D eigenvalue weighted by molar-refractivity contribution is 0.394. The van der Waals surface area contributed by atoms with E-state index in [1.165, 1.54) is 43.2 Å². The van der Waals surface area contributed by atoms with Crippen LogP contribution in [-0.2, 0) is 0 Å². The van der Waals surface area contributed by atoms with E-state index < -0.39 is 0 Å². The fourth-order valence-electron chi connectivity index (χ4n) is 3.11. The molecule has 1 aliphatic rings. The predicted molar refractivity (Wildman–Crippen MR) is 93.9 cm³/mol. The molecule has 0 bridgehead atoms. The van der Waals surface area contributed by atoms with E-state index in [1.807, 2.05) is 6.07 Å². The first kappa shape index (κ1) is 16.6. The number of hydrogen-bond acceptors (Lipinski definition) is 1. The van der Waals surface area contributed by atoms with Crippen LogP contribution in [0, 0.1) is 12.8 Å². The smallest absolute Gasteiger partial charge is 0.0409 e. The molecule has 0 radical (unpaired) electrons. The first-order valence-corrected chi connectivity index (χ1v) is 8.64. The SMILES string of the molecule is Cc1cc(Cl)ccc1/C=C(/CNC(C)C)C1CCCCC1. The predicted octanol–water partition coefficient (Wildman–Crippen LogP) is 5.61. The Hall–Kier alpha value is -0.790. The first-order chi connectivity index (χ1) is 10.1. The average molecular weight is 306 g/mol. The van der Waals surface area contributed by atoms with Gasteiger partial charge < -0.3 is 5.32 Å². The van der Waals surface area contributed by atoms with Crippen LogP contribution in [0.15, 0.2) is 23.8 Å². The van der Waals surface area contributed by atoms with Gasteiger partial charge in [-0.15, -0.1) is 0 Å². The van der Waals surface area contributed by atoms with Gasteiger partial charge in [-0.25, -0.2) is 0 Å². The van der Waals surface area contributed by atoms with Crippen LogP contribution in [-0.4, -0.2) is 12.6 Å². The summed E-state index contributed by atoms with van der Waals surface area (Å²) in [5.74, 6) is 0.750. The molecule has 0 heterocycles. The van der Waals surface area contributed by atoms with Crippen molar-refractivity contribution < 1.29 is 0 Å². The van der Waals surface area contributed by atoms with Crippen LogP contribution in [0.4, 0.5) is 0 Å². The number of halogens is 1. The van der Waals surface area contributed by atoms with Crippen LogP contribution in [0.1, 0.15) is 57.1 Å². The van der Waals surface area contributed by atoms with Crippen molar-refractivity contribution in [1.29, 1.82) is 0 Å². The Bertz CT molecular complexity index is 484. The summed E-state index contributed by atoms with van der Waals surface area (Å²) in [5.41, 5.74) is 4.14. The third-order valence-corrected chi connectivity index (χ3v) is 4.65. The molecule has 1 fully saturated rings. The molecule has 1 N–H and O–H groups in total. The Morgan fingerprint density at radius 3 is 2.62 bits per heavy atom. The van der Waals surface area contributed by atoms with E-state index in [1.54, 1.807) is 5.57 Å². The van der Waals surface area contributed by atoms with Crippen LogP contribution >= 0.6 is 11.6 Å². The van der Waals surface area contributed by atoms with E-state index in [0.29, 0.717) is 6.04 Å². The first-order valence-electron chi connectivity index (χ1n) is 8.26. The van der Waals surface area contributed by atoms with Crippen LogP contribution in [0.2, 0.25) is 5.02 Å². The van der Waals surface area contributed by atoms with E-state index >= 15 is 0 Å². The maximum Gasteiger partial charge on any atom is 0.0409 e. The molecule has 0 saturated heterocycles. The van der Waals surface area contributed by atoms with Crippen molar-refractivity contribution in [2.24, 2.45) is 5.92 Å². The fourth-order valence-corrected chi connectivity index (χ4v) is 3.34. The van der Waals surface area contributed by atoms with Gasteiger partial charge in [-0.3, -0.25) is 0 Å². The molecule has 0 spiro atoms. The zero-order valence-corrected chi connectivity index (χ0v) is 14.3. The summed E-state index contributed by atoms with van der Waals surface area (Å²) in [4.78, 5) is 0. The summed E-state index contributed by atoms with van der Waals surface area (Å²) in [7, 11) is 0. The number of aryl methyl sites for hydroxylation is 1. The highest BCUT2D eigenvalue weighted by Crippen LogP contribution is 2.31. The molecule has 2 rings (SSSR count). The quantitative estimate of drug-likeness (QED) is 0.745. The number of nitrogens with one attached hydrogen (secondary N) is 1. The number of rotatable bonds is 5. The summed E-state index contributed by atoms with van der Waals surface area (Å²) in [5, 5.41) is 4.42. The van der Waals surface area contributed by atoms with Crippen LogP contribution in [0.25, 0.3) is 6.08 Å². The molecule has 1 aromatic rings. The molecule has 1 aromatic carbocycles. The molecule has 116 valence electrons. The van der Waals surface area contributed by atoms with Gasteiger partial charge in [-0.2, -0.15) is 0 Å². The highest BCUT2D eigenvalue weighted by atomic mass is 35.5. The molecule has 0 aromatic heterocycles. The van der Waals surface area contributed by atoms with Crippen molar-refractivity contribution in [2.45, 2.75) is 58.9 Å². The zero-order chi connectivity index (χ0) is 15.2. The summed E-state index contributed by atoms with van der Waals surface area (Å²) < 4.78 is 0. The van der Waals surface area contributed by atoms with E-state index in [4.69, 9.17) is 11.6 Å². The van der Waals surface area contributed by atoms with Gasteiger partial charge in [0.05, 0.1) is 0 Å². The maximum atomic E-state index is 6.07. The lowest BCUT2D eigenvalue weighted by Gasteiger charge is -2.26. The Kier molecular flexibility index (Phi) is 6.32. The Morgan fingerprint density at radius 1 is 1.29 bits per heavy atom. The Labute approximate surface area is 134 Å². The van der Waals surface area contributed by atoms with Gasteiger partial charge in [0.2, 0.25) is 0 Å². The van der Waals surface area contributed by atoms with E-state index in [-0.39, 0.29) is 0 Å². The Morgan fingerprint density at radius 2 is 2.00 bits per heavy atom. The normalized spacial score (nSPS) is 17.5. The van der Waals surface area contributed by atoms with Gasteiger partial charge in [0, 0.05) is 17.6 Å². The summed E-state index contributed by atoms with van der Waals surface area (Å²) >= 11 is 6.07. The van der Waals surface area contributed by atoms with Gasteiger partial charge in [0.25, 0.3) is 0 Å². The fraction of sp³-hybridized carbons (Fsp3) is 0.579. The van der Waals surface area contributed by atoms with Crippen molar-refractivity contribution in [3.05, 3.63) is 39.9 Å². The van der Waals surface area contributed by atoms with Gasteiger partial charge in [-0.1, -0.05) is 62.4 Å². The van der Waals surface area contributed by atoms with Crippen molar-refractivity contribution in [1.82, 2.24) is 5.32 Å². The molecule has 0 atom stereocenters. The van der Waals surface area contributed by atoms with E-state index in [9.17, 15) is 0 Å². The van der Waals surface area contributed by atoms with Crippen LogP contribution < -0.4 is 5.32 Å². The molecule has 1 nitrogen and oxygen atoms in total. The minimum absolute atomic E-state index is 0.531. The monoisotopic (exact) mass is 305 g/mol. The molecule has 1 saturated carbocycles. The van der Waals surface area contributed by atoms with Gasteiger partial charge in [0.1, 0.15) is 0 Å². The standard InChI is InChI=1S/C19H28ClN/c1-14(2)21-13-18(16-7-5-4-6-8-16)12-17-9-10-19(20)11-15(17)3/h9-12,14,16,21H,4-8,13H2,1-3H3/b18-12-. The molecule has 21 heavy (non-hydrogen) atoms. The maximum absolute atomic E-state index is 6.07. The highest BCUT2D eigenvalue weighted by Gasteiger charge is 2.18. The van der Waals surface area contributed by atoms with Gasteiger partial charge >= 0.3 is 0 Å². The topological polar surface area (TPSA) is 12.0 Å². The van der Waals surface area contributed by atoms with Gasteiger partial charge in [0.15, 0.2) is 0 Å². The van der Waals surface area contributed by atoms with Gasteiger partial charge in [-0.05, 0) is 48.9 Å². The minimum atomic E-state index is 0.531. The lowest BCUT2D eigenvalue weighted by atomic mass is 9.82. The molecular weight excluding hydrogens is 278 g/mol. The Balaban J connectivity index is 2.21. The number of hydrogen-bond donors (Lipinski definition) is 1.